The first kappa shape index (κ1) is 17.4. The number of carbonyl (C=O) groups excluding carboxylic acids is 3. The van der Waals surface area contributed by atoms with Crippen LogP contribution in [0.4, 0.5) is 4.39 Å². The first-order valence-electron chi connectivity index (χ1n) is 8.40. The number of benzene rings is 1. The molecule has 1 aliphatic carbocycles. The van der Waals surface area contributed by atoms with Crippen LogP contribution in [0.25, 0.3) is 0 Å². The molecule has 1 saturated heterocycles. The Morgan fingerprint density at radius 2 is 1.72 bits per heavy atom. The summed E-state index contributed by atoms with van der Waals surface area (Å²) in [6.45, 7) is 4.27. The van der Waals surface area contributed by atoms with Gasteiger partial charge in [0.25, 0.3) is 0 Å². The minimum absolute atomic E-state index is 0.0679. The van der Waals surface area contributed by atoms with E-state index in [0.29, 0.717) is 5.56 Å². The fourth-order valence-corrected chi connectivity index (χ4v) is 3.34. The van der Waals surface area contributed by atoms with Crippen LogP contribution >= 0.6 is 0 Å². The van der Waals surface area contributed by atoms with E-state index in [1.807, 2.05) is 13.8 Å². The average Bonchev–Trinajstić information content (AvgIpc) is 3.33. The molecule has 2 N–H and O–H groups in total. The summed E-state index contributed by atoms with van der Waals surface area (Å²) < 4.78 is 13.3. The van der Waals surface area contributed by atoms with Crippen molar-refractivity contribution < 1.29 is 18.8 Å². The highest BCUT2D eigenvalue weighted by atomic mass is 19.1. The molecule has 1 saturated carbocycles. The Bertz CT molecular complexity index is 715. The second-order valence-electron chi connectivity index (χ2n) is 7.26. The van der Waals surface area contributed by atoms with Crippen LogP contribution in [0.1, 0.15) is 38.3 Å². The molecule has 2 fully saturated rings. The zero-order valence-electron chi connectivity index (χ0n) is 14.4. The fourth-order valence-electron chi connectivity index (χ4n) is 3.34. The van der Waals surface area contributed by atoms with Crippen molar-refractivity contribution in [2.45, 2.75) is 38.8 Å². The molecule has 3 rings (SSSR count). The van der Waals surface area contributed by atoms with Crippen molar-refractivity contribution in [2.75, 3.05) is 13.1 Å². The van der Waals surface area contributed by atoms with Gasteiger partial charge in [0.15, 0.2) is 0 Å². The predicted octanol–water partition coefficient (Wildman–Crippen LogP) is 1.21. The zero-order valence-corrected chi connectivity index (χ0v) is 14.4. The minimum Gasteiger partial charge on any atom is -0.361 e. The Hall–Kier alpha value is -2.44. The van der Waals surface area contributed by atoms with Gasteiger partial charge in [0.2, 0.25) is 5.91 Å². The van der Waals surface area contributed by atoms with Crippen LogP contribution < -0.4 is 5.73 Å². The van der Waals surface area contributed by atoms with Gasteiger partial charge in [-0.05, 0) is 37.5 Å². The van der Waals surface area contributed by atoms with E-state index in [1.165, 1.54) is 17.0 Å². The van der Waals surface area contributed by atoms with Gasteiger partial charge in [-0.15, -0.1) is 0 Å². The molecule has 1 aromatic rings. The highest BCUT2D eigenvalue weighted by Crippen LogP contribution is 2.47. The quantitative estimate of drug-likeness (QED) is 0.816. The Morgan fingerprint density at radius 3 is 2.24 bits per heavy atom. The molecule has 6 nitrogen and oxygen atoms in total. The summed E-state index contributed by atoms with van der Waals surface area (Å²) in [7, 11) is 0. The fraction of sp³-hybridized carbons (Fsp3) is 0.500. The molecule has 2 aliphatic rings. The van der Waals surface area contributed by atoms with Crippen molar-refractivity contribution in [1.29, 1.82) is 0 Å². The Kier molecular flexibility index (Phi) is 4.26. The van der Waals surface area contributed by atoms with Gasteiger partial charge in [0, 0.05) is 24.5 Å². The minimum atomic E-state index is -1.03. The van der Waals surface area contributed by atoms with E-state index in [0.717, 1.165) is 12.8 Å². The number of piperazine rings is 1. The van der Waals surface area contributed by atoms with Gasteiger partial charge >= 0.3 is 11.8 Å². The Labute approximate surface area is 145 Å². The van der Waals surface area contributed by atoms with Crippen LogP contribution in [0.5, 0.6) is 0 Å². The van der Waals surface area contributed by atoms with E-state index in [-0.39, 0.29) is 36.3 Å². The van der Waals surface area contributed by atoms with Gasteiger partial charge in [0.05, 0.1) is 6.04 Å². The van der Waals surface area contributed by atoms with Gasteiger partial charge in [0.1, 0.15) is 5.82 Å². The van der Waals surface area contributed by atoms with E-state index in [2.05, 4.69) is 0 Å². The Balaban J connectivity index is 1.92. The van der Waals surface area contributed by atoms with E-state index in [1.54, 1.807) is 17.0 Å². The van der Waals surface area contributed by atoms with Crippen LogP contribution in [-0.2, 0) is 14.4 Å². The van der Waals surface area contributed by atoms with E-state index in [9.17, 15) is 18.8 Å². The maximum Gasteiger partial charge on any atom is 0.312 e. The summed E-state index contributed by atoms with van der Waals surface area (Å²) >= 11 is 0. The molecule has 1 aromatic carbocycles. The van der Waals surface area contributed by atoms with Gasteiger partial charge in [-0.1, -0.05) is 19.1 Å². The number of amides is 3. The second kappa shape index (κ2) is 6.13. The molecular weight excluding hydrogens is 325 g/mol. The lowest BCUT2D eigenvalue weighted by Gasteiger charge is -2.46. The molecule has 25 heavy (non-hydrogen) atoms. The van der Waals surface area contributed by atoms with Crippen LogP contribution in [-0.4, -0.2) is 46.7 Å². The first-order valence-corrected chi connectivity index (χ1v) is 8.40. The van der Waals surface area contributed by atoms with Gasteiger partial charge in [-0.25, -0.2) is 4.39 Å². The van der Waals surface area contributed by atoms with Crippen LogP contribution in [0.15, 0.2) is 24.3 Å². The number of carbonyl (C=O) groups is 3. The zero-order chi connectivity index (χ0) is 18.4. The molecule has 0 aromatic heterocycles. The molecule has 0 unspecified atom stereocenters. The van der Waals surface area contributed by atoms with E-state index >= 15 is 0 Å². The third-order valence-corrected chi connectivity index (χ3v) is 5.24. The summed E-state index contributed by atoms with van der Waals surface area (Å²) in [5, 5.41) is 0. The summed E-state index contributed by atoms with van der Waals surface area (Å²) in [4.78, 5) is 39.6. The lowest BCUT2D eigenvalue weighted by molar-refractivity contribution is -0.153. The number of halogens is 1. The summed E-state index contributed by atoms with van der Waals surface area (Å²) in [6.07, 6.45) is 1.72. The lowest BCUT2D eigenvalue weighted by atomic mass is 9.97. The highest BCUT2D eigenvalue weighted by Gasteiger charge is 2.50. The second-order valence-corrected chi connectivity index (χ2v) is 7.26. The molecule has 134 valence electrons. The maximum absolute atomic E-state index is 13.3. The lowest BCUT2D eigenvalue weighted by Crippen LogP contribution is -2.59. The van der Waals surface area contributed by atoms with E-state index in [4.69, 9.17) is 5.73 Å². The molecule has 7 heteroatoms. The number of hydrogen-bond donors (Lipinski definition) is 1. The van der Waals surface area contributed by atoms with Crippen LogP contribution in [0, 0.1) is 11.2 Å². The molecule has 0 radical (unpaired) electrons. The highest BCUT2D eigenvalue weighted by molar-refractivity contribution is 6.34. The summed E-state index contributed by atoms with van der Waals surface area (Å²) in [5.74, 6) is -2.14. The van der Waals surface area contributed by atoms with Crippen LogP contribution in [0.3, 0.4) is 0 Å². The summed E-state index contributed by atoms with van der Waals surface area (Å²) in [5.41, 5.74) is 5.53. The number of primary amides is 1. The van der Waals surface area contributed by atoms with Gasteiger partial charge in [-0.2, -0.15) is 0 Å². The van der Waals surface area contributed by atoms with Gasteiger partial charge in [-0.3, -0.25) is 14.4 Å². The van der Waals surface area contributed by atoms with Crippen molar-refractivity contribution in [3.05, 3.63) is 35.6 Å². The maximum atomic E-state index is 13.3. The summed E-state index contributed by atoms with van der Waals surface area (Å²) in [6, 6.07) is 4.99. The van der Waals surface area contributed by atoms with Crippen molar-refractivity contribution in [2.24, 2.45) is 11.1 Å². The number of hydrogen-bond acceptors (Lipinski definition) is 3. The normalized spacial score (nSPS) is 24.8. The van der Waals surface area contributed by atoms with Gasteiger partial charge < -0.3 is 15.5 Å². The predicted molar refractivity (Wildman–Crippen MR) is 88.6 cm³/mol. The first-order chi connectivity index (χ1) is 11.7. The molecule has 1 aliphatic heterocycles. The number of nitrogens with zero attached hydrogens (tertiary/aromatic N) is 2. The SMILES string of the molecule is C[C@@H]1CN(C(=O)C(N)=O)[C@@H](c2ccc(F)cc2)CN1C(=O)C1(C)CC1. The standard InChI is InChI=1S/C18H22FN3O3/c1-11-9-22(16(24)15(20)23)14(12-3-5-13(19)6-4-12)10-21(11)17(25)18(2)7-8-18/h3-6,11,14H,7-10H2,1-2H3,(H2,20,23)/t11-,14-/m1/s1. The largest absolute Gasteiger partial charge is 0.361 e. The smallest absolute Gasteiger partial charge is 0.312 e. The van der Waals surface area contributed by atoms with Crippen molar-refractivity contribution >= 4 is 17.7 Å². The molecule has 3 amide bonds. The molecule has 2 atom stereocenters. The average molecular weight is 347 g/mol. The molecule has 1 heterocycles. The Morgan fingerprint density at radius 1 is 1.12 bits per heavy atom. The van der Waals surface area contributed by atoms with Crippen LogP contribution in [0.2, 0.25) is 0 Å². The van der Waals surface area contributed by atoms with E-state index < -0.39 is 17.9 Å². The number of rotatable bonds is 2. The van der Waals surface area contributed by atoms with Crippen molar-refractivity contribution in [3.8, 4) is 0 Å². The molecular formula is C18H22FN3O3. The van der Waals surface area contributed by atoms with Crippen molar-refractivity contribution in [3.63, 3.8) is 0 Å². The third kappa shape index (κ3) is 3.23. The third-order valence-electron chi connectivity index (χ3n) is 5.24. The molecule has 0 spiro atoms. The molecule has 0 bridgehead atoms. The topological polar surface area (TPSA) is 83.7 Å². The monoisotopic (exact) mass is 347 g/mol. The van der Waals surface area contributed by atoms with Crippen molar-refractivity contribution in [1.82, 2.24) is 9.80 Å². The number of nitrogens with two attached hydrogens (primary N) is 1.